The highest BCUT2D eigenvalue weighted by Gasteiger charge is 2.24. The Hall–Kier alpha value is -2.06. The maximum atomic E-state index is 13.1. The summed E-state index contributed by atoms with van der Waals surface area (Å²) in [6, 6.07) is 15.4. The Morgan fingerprint density at radius 2 is 1.68 bits per heavy atom. The van der Waals surface area contributed by atoms with Gasteiger partial charge in [0.25, 0.3) is 5.91 Å². The van der Waals surface area contributed by atoms with E-state index in [9.17, 15) is 4.79 Å². The van der Waals surface area contributed by atoms with Crippen molar-refractivity contribution in [1.82, 2.24) is 9.80 Å². The Kier molecular flexibility index (Phi) is 7.73. The number of rotatable bonds is 8. The third kappa shape index (κ3) is 5.48. The molecule has 2 aromatic rings. The predicted molar refractivity (Wildman–Crippen MR) is 112 cm³/mol. The SMILES string of the molecule is Nc1ccccc1Sc1ccccc1C(=O)N1CCN(CCOCCO)CC1. The lowest BCUT2D eigenvalue weighted by Crippen LogP contribution is -2.49. The molecule has 3 rings (SSSR count). The molecule has 0 saturated carbocycles. The zero-order valence-corrected chi connectivity index (χ0v) is 16.7. The molecule has 1 aliphatic rings. The average Bonchev–Trinajstić information content (AvgIpc) is 2.73. The van der Waals surface area contributed by atoms with Crippen molar-refractivity contribution in [2.24, 2.45) is 0 Å². The molecule has 1 amide bonds. The van der Waals surface area contributed by atoms with Crippen LogP contribution in [0.25, 0.3) is 0 Å². The quantitative estimate of drug-likeness (QED) is 0.521. The van der Waals surface area contributed by atoms with Gasteiger partial charge in [-0.2, -0.15) is 0 Å². The fraction of sp³-hybridized carbons (Fsp3) is 0.381. The van der Waals surface area contributed by atoms with Gasteiger partial charge in [0.15, 0.2) is 0 Å². The van der Waals surface area contributed by atoms with E-state index in [4.69, 9.17) is 15.6 Å². The lowest BCUT2D eigenvalue weighted by Gasteiger charge is -2.35. The first kappa shape index (κ1) is 20.7. The number of nitrogens with two attached hydrogens (primary N) is 1. The molecular weight excluding hydrogens is 374 g/mol. The minimum absolute atomic E-state index is 0.0499. The molecule has 0 bridgehead atoms. The third-order valence-electron chi connectivity index (χ3n) is 4.70. The van der Waals surface area contributed by atoms with Crippen LogP contribution in [0.5, 0.6) is 0 Å². The number of aliphatic hydroxyl groups excluding tert-OH is 1. The number of hydrogen-bond acceptors (Lipinski definition) is 6. The zero-order chi connectivity index (χ0) is 19.8. The molecule has 28 heavy (non-hydrogen) atoms. The normalized spacial score (nSPS) is 15.0. The van der Waals surface area contributed by atoms with Crippen LogP contribution in [0, 0.1) is 0 Å². The van der Waals surface area contributed by atoms with E-state index in [1.165, 1.54) is 11.8 Å². The number of anilines is 1. The summed E-state index contributed by atoms with van der Waals surface area (Å²) in [7, 11) is 0. The third-order valence-corrected chi connectivity index (χ3v) is 5.87. The molecule has 6 nitrogen and oxygen atoms in total. The summed E-state index contributed by atoms with van der Waals surface area (Å²) in [6.07, 6.45) is 0. The predicted octanol–water partition coefficient (Wildman–Crippen LogP) is 2.19. The molecule has 1 heterocycles. The summed E-state index contributed by atoms with van der Waals surface area (Å²) in [5.74, 6) is 0.0637. The van der Waals surface area contributed by atoms with Crippen molar-refractivity contribution < 1.29 is 14.6 Å². The molecular formula is C21H27N3O3S. The molecule has 1 fully saturated rings. The number of hydrogen-bond donors (Lipinski definition) is 2. The lowest BCUT2D eigenvalue weighted by molar-refractivity contribution is 0.0484. The first-order chi connectivity index (χ1) is 13.7. The van der Waals surface area contributed by atoms with E-state index in [1.807, 2.05) is 53.4 Å². The highest BCUT2D eigenvalue weighted by molar-refractivity contribution is 7.99. The highest BCUT2D eigenvalue weighted by Crippen LogP contribution is 2.34. The highest BCUT2D eigenvalue weighted by atomic mass is 32.2. The Bertz CT molecular complexity index is 779. The molecule has 2 aromatic carbocycles. The van der Waals surface area contributed by atoms with Crippen molar-refractivity contribution in [3.8, 4) is 0 Å². The number of amides is 1. The van der Waals surface area contributed by atoms with Gasteiger partial charge in [0, 0.05) is 48.2 Å². The zero-order valence-electron chi connectivity index (χ0n) is 15.9. The van der Waals surface area contributed by atoms with E-state index in [0.717, 1.165) is 35.0 Å². The van der Waals surface area contributed by atoms with Crippen LogP contribution in [0.2, 0.25) is 0 Å². The van der Waals surface area contributed by atoms with E-state index in [1.54, 1.807) is 0 Å². The van der Waals surface area contributed by atoms with Crippen molar-refractivity contribution >= 4 is 23.4 Å². The number of aliphatic hydroxyl groups is 1. The number of ether oxygens (including phenoxy) is 1. The molecule has 7 heteroatoms. The first-order valence-corrected chi connectivity index (χ1v) is 10.3. The van der Waals surface area contributed by atoms with Crippen molar-refractivity contribution in [2.75, 3.05) is 58.3 Å². The van der Waals surface area contributed by atoms with Gasteiger partial charge in [-0.15, -0.1) is 0 Å². The van der Waals surface area contributed by atoms with Crippen LogP contribution in [0.1, 0.15) is 10.4 Å². The van der Waals surface area contributed by atoms with E-state index >= 15 is 0 Å². The first-order valence-electron chi connectivity index (χ1n) is 9.50. The van der Waals surface area contributed by atoms with Gasteiger partial charge in [-0.1, -0.05) is 36.0 Å². The van der Waals surface area contributed by atoms with Gasteiger partial charge < -0.3 is 20.5 Å². The summed E-state index contributed by atoms with van der Waals surface area (Å²) in [5.41, 5.74) is 7.50. The summed E-state index contributed by atoms with van der Waals surface area (Å²) in [6.45, 7) is 4.91. The van der Waals surface area contributed by atoms with Crippen LogP contribution in [0.4, 0.5) is 5.69 Å². The maximum Gasteiger partial charge on any atom is 0.255 e. The van der Waals surface area contributed by atoms with E-state index in [0.29, 0.717) is 32.0 Å². The van der Waals surface area contributed by atoms with Crippen LogP contribution >= 0.6 is 11.8 Å². The van der Waals surface area contributed by atoms with Crippen LogP contribution in [0.15, 0.2) is 58.3 Å². The maximum absolute atomic E-state index is 13.1. The Balaban J connectivity index is 1.60. The largest absolute Gasteiger partial charge is 0.398 e. The summed E-state index contributed by atoms with van der Waals surface area (Å²) < 4.78 is 5.33. The smallest absolute Gasteiger partial charge is 0.255 e. The minimum Gasteiger partial charge on any atom is -0.398 e. The van der Waals surface area contributed by atoms with E-state index < -0.39 is 0 Å². The van der Waals surface area contributed by atoms with Crippen LogP contribution in [-0.4, -0.2) is 73.4 Å². The molecule has 0 atom stereocenters. The summed E-state index contributed by atoms with van der Waals surface area (Å²) in [4.78, 5) is 19.2. The van der Waals surface area contributed by atoms with Gasteiger partial charge in [-0.3, -0.25) is 9.69 Å². The monoisotopic (exact) mass is 401 g/mol. The molecule has 0 aromatic heterocycles. The Morgan fingerprint density at radius 3 is 2.39 bits per heavy atom. The second-order valence-electron chi connectivity index (χ2n) is 6.61. The van der Waals surface area contributed by atoms with Crippen molar-refractivity contribution in [3.05, 3.63) is 54.1 Å². The molecule has 0 aliphatic carbocycles. The molecule has 0 spiro atoms. The number of nitrogens with zero attached hydrogens (tertiary/aromatic N) is 2. The molecule has 1 saturated heterocycles. The fourth-order valence-electron chi connectivity index (χ4n) is 3.13. The van der Waals surface area contributed by atoms with Gasteiger partial charge in [-0.05, 0) is 24.3 Å². The van der Waals surface area contributed by atoms with Crippen molar-refractivity contribution in [3.63, 3.8) is 0 Å². The number of piperazine rings is 1. The molecule has 150 valence electrons. The van der Waals surface area contributed by atoms with Gasteiger partial charge in [0.05, 0.1) is 25.4 Å². The van der Waals surface area contributed by atoms with Crippen molar-refractivity contribution in [1.29, 1.82) is 0 Å². The van der Waals surface area contributed by atoms with Crippen LogP contribution < -0.4 is 5.73 Å². The molecule has 0 unspecified atom stereocenters. The number of para-hydroxylation sites is 1. The van der Waals surface area contributed by atoms with Crippen molar-refractivity contribution in [2.45, 2.75) is 9.79 Å². The number of nitrogen functional groups attached to an aromatic ring is 1. The van der Waals surface area contributed by atoms with Crippen LogP contribution in [0.3, 0.4) is 0 Å². The lowest BCUT2D eigenvalue weighted by atomic mass is 10.2. The van der Waals surface area contributed by atoms with Gasteiger partial charge in [0.1, 0.15) is 0 Å². The van der Waals surface area contributed by atoms with Gasteiger partial charge in [0.2, 0.25) is 0 Å². The number of carbonyl (C=O) groups excluding carboxylic acids is 1. The summed E-state index contributed by atoms with van der Waals surface area (Å²) >= 11 is 1.53. The number of benzene rings is 2. The second-order valence-corrected chi connectivity index (χ2v) is 7.69. The standard InChI is InChI=1S/C21H27N3O3S/c22-18-6-2-4-8-20(18)28-19-7-3-1-5-17(19)21(26)24-11-9-23(10-12-24)13-15-27-16-14-25/h1-8,25H,9-16,22H2. The second kappa shape index (κ2) is 10.5. The fourth-order valence-corrected chi connectivity index (χ4v) is 4.11. The molecule has 1 aliphatic heterocycles. The van der Waals surface area contributed by atoms with E-state index in [2.05, 4.69) is 4.90 Å². The van der Waals surface area contributed by atoms with E-state index in [-0.39, 0.29) is 12.5 Å². The number of carbonyl (C=O) groups is 1. The van der Waals surface area contributed by atoms with Gasteiger partial charge in [-0.25, -0.2) is 0 Å². The summed E-state index contributed by atoms with van der Waals surface area (Å²) in [5, 5.41) is 8.75. The average molecular weight is 402 g/mol. The van der Waals surface area contributed by atoms with Crippen LogP contribution in [-0.2, 0) is 4.74 Å². The Morgan fingerprint density at radius 1 is 1.00 bits per heavy atom. The Labute approximate surface area is 170 Å². The molecule has 3 N–H and O–H groups in total. The molecule has 0 radical (unpaired) electrons. The van der Waals surface area contributed by atoms with Gasteiger partial charge >= 0.3 is 0 Å². The topological polar surface area (TPSA) is 79.0 Å². The minimum atomic E-state index is 0.0499.